The number of hydrogen-bond donors (Lipinski definition) is 3. The molecule has 1 saturated carbocycles. The Morgan fingerprint density at radius 3 is 2.75 bits per heavy atom. The van der Waals surface area contributed by atoms with Crippen LogP contribution >= 0.6 is 0 Å². The van der Waals surface area contributed by atoms with Crippen molar-refractivity contribution < 1.29 is 19.4 Å². The van der Waals surface area contributed by atoms with Crippen LogP contribution in [0.25, 0.3) is 0 Å². The number of nitrogens with one attached hydrogen (secondary N) is 2. The van der Waals surface area contributed by atoms with E-state index >= 15 is 0 Å². The van der Waals surface area contributed by atoms with Gasteiger partial charge in [-0.3, -0.25) is 4.79 Å². The molecule has 3 N–H and O–H groups in total. The number of carbonyl (C=O) groups is 2. The molecule has 1 heterocycles. The Balaban J connectivity index is 1.82. The molecular formula is C13H17N3O4. The molecule has 2 rings (SSSR count). The molecule has 2 atom stereocenters. The van der Waals surface area contributed by atoms with E-state index in [-0.39, 0.29) is 18.0 Å². The minimum Gasteiger partial charge on any atom is -0.481 e. The zero-order valence-corrected chi connectivity index (χ0v) is 11.1. The van der Waals surface area contributed by atoms with Gasteiger partial charge in [-0.05, 0) is 25.3 Å². The third-order valence-corrected chi connectivity index (χ3v) is 3.32. The zero-order chi connectivity index (χ0) is 14.5. The van der Waals surface area contributed by atoms with Gasteiger partial charge in [-0.15, -0.1) is 0 Å². The number of amides is 2. The van der Waals surface area contributed by atoms with Crippen molar-refractivity contribution >= 4 is 17.7 Å². The molecule has 0 unspecified atom stereocenters. The molecule has 7 heteroatoms. The first-order chi connectivity index (χ1) is 9.58. The topological polar surface area (TPSA) is 101 Å². The van der Waals surface area contributed by atoms with E-state index in [1.807, 2.05) is 0 Å². The fourth-order valence-electron chi connectivity index (χ4n) is 2.26. The van der Waals surface area contributed by atoms with Crippen molar-refractivity contribution in [1.29, 1.82) is 0 Å². The van der Waals surface area contributed by atoms with E-state index < -0.39 is 5.97 Å². The number of urea groups is 1. The van der Waals surface area contributed by atoms with Crippen LogP contribution in [0, 0.1) is 5.92 Å². The molecule has 0 bridgehead atoms. The summed E-state index contributed by atoms with van der Waals surface area (Å²) in [6, 6.07) is 2.88. The molecule has 0 aromatic carbocycles. The van der Waals surface area contributed by atoms with E-state index in [9.17, 15) is 9.59 Å². The van der Waals surface area contributed by atoms with E-state index in [0.717, 1.165) is 0 Å². The van der Waals surface area contributed by atoms with Crippen LogP contribution in [0.4, 0.5) is 10.5 Å². The van der Waals surface area contributed by atoms with Crippen LogP contribution in [0.1, 0.15) is 19.3 Å². The summed E-state index contributed by atoms with van der Waals surface area (Å²) >= 11 is 0. The Hall–Kier alpha value is -2.31. The lowest BCUT2D eigenvalue weighted by Crippen LogP contribution is -2.36. The Labute approximate surface area is 116 Å². The van der Waals surface area contributed by atoms with Gasteiger partial charge in [0.25, 0.3) is 0 Å². The molecule has 1 aliphatic rings. The maximum Gasteiger partial charge on any atom is 0.319 e. The lowest BCUT2D eigenvalue weighted by Gasteiger charge is -2.13. The second-order valence-electron chi connectivity index (χ2n) is 4.73. The Bertz CT molecular complexity index is 489. The average Bonchev–Trinajstić information content (AvgIpc) is 2.88. The van der Waals surface area contributed by atoms with Crippen LogP contribution in [-0.2, 0) is 4.79 Å². The van der Waals surface area contributed by atoms with Crippen LogP contribution in [0.5, 0.6) is 5.88 Å². The van der Waals surface area contributed by atoms with E-state index in [1.54, 1.807) is 12.1 Å². The second-order valence-corrected chi connectivity index (χ2v) is 4.73. The summed E-state index contributed by atoms with van der Waals surface area (Å²) in [6.07, 6.45) is 3.26. The van der Waals surface area contributed by atoms with Gasteiger partial charge in [0.1, 0.15) is 0 Å². The van der Waals surface area contributed by atoms with Crippen molar-refractivity contribution in [3.05, 3.63) is 18.3 Å². The van der Waals surface area contributed by atoms with Gasteiger partial charge in [0.15, 0.2) is 0 Å². The number of pyridine rings is 1. The highest BCUT2D eigenvalue weighted by Crippen LogP contribution is 2.25. The second kappa shape index (κ2) is 6.23. The van der Waals surface area contributed by atoms with E-state index in [0.29, 0.717) is 30.8 Å². The summed E-state index contributed by atoms with van der Waals surface area (Å²) in [4.78, 5) is 26.6. The molecule has 2 amide bonds. The minimum atomic E-state index is -0.797. The largest absolute Gasteiger partial charge is 0.481 e. The SMILES string of the molecule is COc1ccc(NC(=O)N[C@H]2CC[C@@H](C(=O)O)C2)cn1. The predicted molar refractivity (Wildman–Crippen MR) is 71.7 cm³/mol. The van der Waals surface area contributed by atoms with Crippen molar-refractivity contribution in [2.75, 3.05) is 12.4 Å². The molecule has 0 radical (unpaired) electrons. The van der Waals surface area contributed by atoms with Crippen LogP contribution in [0.15, 0.2) is 18.3 Å². The van der Waals surface area contributed by atoms with Crippen molar-refractivity contribution in [3.63, 3.8) is 0 Å². The first kappa shape index (κ1) is 14.1. The van der Waals surface area contributed by atoms with Crippen LogP contribution in [0.3, 0.4) is 0 Å². The monoisotopic (exact) mass is 279 g/mol. The smallest absolute Gasteiger partial charge is 0.319 e. The van der Waals surface area contributed by atoms with E-state index in [2.05, 4.69) is 15.6 Å². The summed E-state index contributed by atoms with van der Waals surface area (Å²) in [5, 5.41) is 14.3. The molecule has 0 aliphatic heterocycles. The maximum absolute atomic E-state index is 11.8. The molecule has 7 nitrogen and oxygen atoms in total. The highest BCUT2D eigenvalue weighted by molar-refractivity contribution is 5.89. The number of ether oxygens (including phenoxy) is 1. The van der Waals surface area contributed by atoms with Crippen molar-refractivity contribution in [2.45, 2.75) is 25.3 Å². The summed E-state index contributed by atoms with van der Waals surface area (Å²) in [6.45, 7) is 0. The first-order valence-corrected chi connectivity index (χ1v) is 6.39. The zero-order valence-electron chi connectivity index (χ0n) is 11.1. The van der Waals surface area contributed by atoms with Crippen molar-refractivity contribution in [1.82, 2.24) is 10.3 Å². The van der Waals surface area contributed by atoms with Crippen molar-refractivity contribution in [3.8, 4) is 5.88 Å². The minimum absolute atomic E-state index is 0.0951. The standard InChI is InChI=1S/C13H17N3O4/c1-20-11-5-4-10(7-14-11)16-13(19)15-9-3-2-8(6-9)12(17)18/h4-5,7-9H,2-3,6H2,1H3,(H,17,18)(H2,15,16,19)/t8-,9+/m1/s1. The predicted octanol–water partition coefficient (Wildman–Crippen LogP) is 1.46. The summed E-state index contributed by atoms with van der Waals surface area (Å²) in [5.41, 5.74) is 0.552. The van der Waals surface area contributed by atoms with E-state index in [1.165, 1.54) is 13.3 Å². The fourth-order valence-corrected chi connectivity index (χ4v) is 2.26. The number of carboxylic acid groups (broad SMARTS) is 1. The molecule has 20 heavy (non-hydrogen) atoms. The summed E-state index contributed by atoms with van der Waals surface area (Å²) < 4.78 is 4.92. The van der Waals surface area contributed by atoms with Gasteiger partial charge in [0.2, 0.25) is 5.88 Å². The van der Waals surface area contributed by atoms with Gasteiger partial charge in [0, 0.05) is 12.1 Å². The number of carbonyl (C=O) groups excluding carboxylic acids is 1. The number of methoxy groups -OCH3 is 1. The van der Waals surface area contributed by atoms with Gasteiger partial charge >= 0.3 is 12.0 Å². The molecule has 108 valence electrons. The number of rotatable bonds is 4. The van der Waals surface area contributed by atoms with Gasteiger partial charge < -0.3 is 20.5 Å². The molecule has 1 aromatic rings. The normalized spacial score (nSPS) is 21.2. The van der Waals surface area contributed by atoms with Crippen LogP contribution < -0.4 is 15.4 Å². The number of anilines is 1. The number of aliphatic carboxylic acids is 1. The number of nitrogens with zero attached hydrogens (tertiary/aromatic N) is 1. The highest BCUT2D eigenvalue weighted by atomic mass is 16.5. The molecule has 1 aromatic heterocycles. The van der Waals surface area contributed by atoms with Gasteiger partial charge in [-0.1, -0.05) is 0 Å². The molecule has 0 spiro atoms. The van der Waals surface area contributed by atoms with Gasteiger partial charge in [-0.2, -0.15) is 0 Å². The fraction of sp³-hybridized carbons (Fsp3) is 0.462. The number of carboxylic acids is 1. The quantitative estimate of drug-likeness (QED) is 0.774. The Kier molecular flexibility index (Phi) is 4.39. The Morgan fingerprint density at radius 2 is 2.20 bits per heavy atom. The molecule has 0 saturated heterocycles. The van der Waals surface area contributed by atoms with Crippen LogP contribution in [0.2, 0.25) is 0 Å². The van der Waals surface area contributed by atoms with Gasteiger partial charge in [-0.25, -0.2) is 9.78 Å². The third-order valence-electron chi connectivity index (χ3n) is 3.32. The molecular weight excluding hydrogens is 262 g/mol. The number of aromatic nitrogens is 1. The Morgan fingerprint density at radius 1 is 1.40 bits per heavy atom. The average molecular weight is 279 g/mol. The molecule has 1 aliphatic carbocycles. The molecule has 1 fully saturated rings. The lowest BCUT2D eigenvalue weighted by atomic mass is 10.1. The number of hydrogen-bond acceptors (Lipinski definition) is 4. The summed E-state index contributed by atoms with van der Waals surface area (Å²) in [7, 11) is 1.51. The lowest BCUT2D eigenvalue weighted by molar-refractivity contribution is -0.141. The van der Waals surface area contributed by atoms with Crippen LogP contribution in [-0.4, -0.2) is 35.2 Å². The van der Waals surface area contributed by atoms with Gasteiger partial charge in [0.05, 0.1) is 24.9 Å². The van der Waals surface area contributed by atoms with Crippen molar-refractivity contribution in [2.24, 2.45) is 5.92 Å². The third kappa shape index (κ3) is 3.59. The maximum atomic E-state index is 11.8. The summed E-state index contributed by atoms with van der Waals surface area (Å²) in [5.74, 6) is -0.687. The van der Waals surface area contributed by atoms with E-state index in [4.69, 9.17) is 9.84 Å². The highest BCUT2D eigenvalue weighted by Gasteiger charge is 2.30. The first-order valence-electron chi connectivity index (χ1n) is 6.39.